The molecule has 0 radical (unpaired) electrons. The van der Waals surface area contributed by atoms with Crippen LogP contribution < -0.4 is 5.32 Å². The first-order chi connectivity index (χ1) is 9.74. The fraction of sp³-hybridized carbons (Fsp3) is 0.0667. The molecule has 2 heterocycles. The molecular formula is C15H12BrN3O. The number of benzene rings is 1. The van der Waals surface area contributed by atoms with Gasteiger partial charge in [0.05, 0.1) is 0 Å². The van der Waals surface area contributed by atoms with Gasteiger partial charge in [-0.05, 0) is 23.8 Å². The number of hydrogen-bond acceptors (Lipinski definition) is 2. The van der Waals surface area contributed by atoms with Crippen molar-refractivity contribution in [1.82, 2.24) is 14.7 Å². The monoisotopic (exact) mass is 329 g/mol. The standard InChI is InChI=1S/C15H12BrN3O/c16-12-6-2-1-5-11(12)9-17-15(20)13-10-19-8-4-3-7-14(19)18-13/h1-8,10H,9H2,(H,17,20). The van der Waals surface area contributed by atoms with Gasteiger partial charge in [0.25, 0.3) is 5.91 Å². The molecule has 1 aromatic carbocycles. The fourth-order valence-electron chi connectivity index (χ4n) is 1.95. The Morgan fingerprint density at radius 2 is 2.00 bits per heavy atom. The van der Waals surface area contributed by atoms with Gasteiger partial charge in [-0.25, -0.2) is 4.98 Å². The topological polar surface area (TPSA) is 46.4 Å². The first-order valence-electron chi connectivity index (χ1n) is 6.19. The number of halogens is 1. The zero-order valence-corrected chi connectivity index (χ0v) is 12.2. The minimum Gasteiger partial charge on any atom is -0.347 e. The molecule has 3 rings (SSSR count). The lowest BCUT2D eigenvalue weighted by molar-refractivity contribution is 0.0946. The van der Waals surface area contributed by atoms with E-state index in [4.69, 9.17) is 0 Å². The molecule has 1 amide bonds. The third-order valence-electron chi connectivity index (χ3n) is 2.99. The van der Waals surface area contributed by atoms with E-state index in [-0.39, 0.29) is 5.91 Å². The van der Waals surface area contributed by atoms with Crippen LogP contribution in [0.15, 0.2) is 59.3 Å². The Morgan fingerprint density at radius 3 is 2.80 bits per heavy atom. The Morgan fingerprint density at radius 1 is 1.20 bits per heavy atom. The normalized spacial score (nSPS) is 10.7. The Bertz CT molecular complexity index is 733. The third kappa shape index (κ3) is 2.58. The number of fused-ring (bicyclic) bond motifs is 1. The molecule has 0 aliphatic carbocycles. The number of nitrogens with zero attached hydrogens (tertiary/aromatic N) is 2. The quantitative estimate of drug-likeness (QED) is 0.802. The lowest BCUT2D eigenvalue weighted by Crippen LogP contribution is -2.23. The highest BCUT2D eigenvalue weighted by molar-refractivity contribution is 9.10. The molecule has 0 bridgehead atoms. The van der Waals surface area contributed by atoms with Gasteiger partial charge >= 0.3 is 0 Å². The van der Waals surface area contributed by atoms with Crippen molar-refractivity contribution in [2.24, 2.45) is 0 Å². The number of nitrogens with one attached hydrogen (secondary N) is 1. The van der Waals surface area contributed by atoms with Gasteiger partial charge in [0.15, 0.2) is 0 Å². The molecule has 5 heteroatoms. The van der Waals surface area contributed by atoms with Crippen LogP contribution in [0, 0.1) is 0 Å². The lowest BCUT2D eigenvalue weighted by atomic mass is 10.2. The Balaban J connectivity index is 1.75. The van der Waals surface area contributed by atoms with Crippen LogP contribution in [0.2, 0.25) is 0 Å². The summed E-state index contributed by atoms with van der Waals surface area (Å²) in [7, 11) is 0. The predicted molar refractivity (Wildman–Crippen MR) is 80.5 cm³/mol. The van der Waals surface area contributed by atoms with Crippen molar-refractivity contribution < 1.29 is 4.79 Å². The molecule has 3 aromatic rings. The van der Waals surface area contributed by atoms with Crippen LogP contribution in [-0.2, 0) is 6.54 Å². The highest BCUT2D eigenvalue weighted by atomic mass is 79.9. The highest BCUT2D eigenvalue weighted by Crippen LogP contribution is 2.15. The molecule has 100 valence electrons. The van der Waals surface area contributed by atoms with Gasteiger partial charge in [0, 0.05) is 23.4 Å². The van der Waals surface area contributed by atoms with Crippen LogP contribution in [0.3, 0.4) is 0 Å². The maximum atomic E-state index is 12.1. The summed E-state index contributed by atoms with van der Waals surface area (Å²) in [4.78, 5) is 16.4. The van der Waals surface area contributed by atoms with E-state index in [1.54, 1.807) is 6.20 Å². The van der Waals surface area contributed by atoms with Gasteiger partial charge in [-0.15, -0.1) is 0 Å². The van der Waals surface area contributed by atoms with Crippen LogP contribution in [0.5, 0.6) is 0 Å². The number of imidazole rings is 1. The van der Waals surface area contributed by atoms with E-state index in [0.29, 0.717) is 12.2 Å². The zero-order chi connectivity index (χ0) is 13.9. The molecule has 0 aliphatic rings. The second-order valence-electron chi connectivity index (χ2n) is 4.37. The number of pyridine rings is 1. The molecule has 0 atom stereocenters. The molecule has 1 N–H and O–H groups in total. The summed E-state index contributed by atoms with van der Waals surface area (Å²) >= 11 is 3.46. The fourth-order valence-corrected chi connectivity index (χ4v) is 2.38. The van der Waals surface area contributed by atoms with Crippen LogP contribution >= 0.6 is 15.9 Å². The van der Waals surface area contributed by atoms with E-state index in [1.807, 2.05) is 53.1 Å². The predicted octanol–water partition coefficient (Wildman–Crippen LogP) is 3.03. The van der Waals surface area contributed by atoms with Crippen molar-refractivity contribution in [3.8, 4) is 0 Å². The summed E-state index contributed by atoms with van der Waals surface area (Å²) in [6.45, 7) is 0.466. The Kier molecular flexibility index (Phi) is 3.52. The number of hydrogen-bond donors (Lipinski definition) is 1. The van der Waals surface area contributed by atoms with Crippen molar-refractivity contribution in [2.45, 2.75) is 6.54 Å². The van der Waals surface area contributed by atoms with Gasteiger partial charge in [-0.3, -0.25) is 4.79 Å². The maximum absolute atomic E-state index is 12.1. The van der Waals surface area contributed by atoms with Crippen molar-refractivity contribution >= 4 is 27.5 Å². The van der Waals surface area contributed by atoms with Crippen molar-refractivity contribution in [1.29, 1.82) is 0 Å². The van der Waals surface area contributed by atoms with Crippen molar-refractivity contribution in [3.05, 3.63) is 70.6 Å². The van der Waals surface area contributed by atoms with E-state index >= 15 is 0 Å². The van der Waals surface area contributed by atoms with E-state index < -0.39 is 0 Å². The number of rotatable bonds is 3. The van der Waals surface area contributed by atoms with E-state index in [1.165, 1.54) is 0 Å². The Labute approximate surface area is 124 Å². The zero-order valence-electron chi connectivity index (χ0n) is 10.6. The molecule has 2 aromatic heterocycles. The Hall–Kier alpha value is -2.14. The molecule has 20 heavy (non-hydrogen) atoms. The summed E-state index contributed by atoms with van der Waals surface area (Å²) in [5.41, 5.74) is 2.21. The minimum absolute atomic E-state index is 0.176. The van der Waals surface area contributed by atoms with Crippen LogP contribution in [0.4, 0.5) is 0 Å². The summed E-state index contributed by atoms with van der Waals surface area (Å²) in [6.07, 6.45) is 3.59. The molecule has 4 nitrogen and oxygen atoms in total. The van der Waals surface area contributed by atoms with Gasteiger partial charge in [0.1, 0.15) is 11.3 Å². The minimum atomic E-state index is -0.176. The van der Waals surface area contributed by atoms with Crippen molar-refractivity contribution in [3.63, 3.8) is 0 Å². The molecule has 0 fully saturated rings. The number of carbonyl (C=O) groups is 1. The van der Waals surface area contributed by atoms with Gasteiger partial charge in [-0.1, -0.05) is 40.2 Å². The van der Waals surface area contributed by atoms with Gasteiger partial charge in [0.2, 0.25) is 0 Å². The van der Waals surface area contributed by atoms with E-state index in [0.717, 1.165) is 15.7 Å². The first-order valence-corrected chi connectivity index (χ1v) is 6.99. The second-order valence-corrected chi connectivity index (χ2v) is 5.22. The number of carbonyl (C=O) groups excluding carboxylic acids is 1. The molecular weight excluding hydrogens is 318 g/mol. The smallest absolute Gasteiger partial charge is 0.271 e. The summed E-state index contributed by atoms with van der Waals surface area (Å²) < 4.78 is 2.81. The number of aromatic nitrogens is 2. The van der Waals surface area contributed by atoms with Gasteiger partial charge in [-0.2, -0.15) is 0 Å². The summed E-state index contributed by atoms with van der Waals surface area (Å²) in [5.74, 6) is -0.176. The van der Waals surface area contributed by atoms with Gasteiger partial charge < -0.3 is 9.72 Å². The first kappa shape index (κ1) is 12.9. The largest absolute Gasteiger partial charge is 0.347 e. The third-order valence-corrected chi connectivity index (χ3v) is 3.77. The summed E-state index contributed by atoms with van der Waals surface area (Å²) in [6, 6.07) is 13.5. The molecule has 0 aliphatic heterocycles. The molecule has 0 unspecified atom stereocenters. The van der Waals surface area contributed by atoms with Crippen molar-refractivity contribution in [2.75, 3.05) is 0 Å². The lowest BCUT2D eigenvalue weighted by Gasteiger charge is -2.05. The maximum Gasteiger partial charge on any atom is 0.271 e. The molecule has 0 saturated carbocycles. The van der Waals surface area contributed by atoms with Crippen LogP contribution in [0.25, 0.3) is 5.65 Å². The van der Waals surface area contributed by atoms with E-state index in [2.05, 4.69) is 26.2 Å². The molecule has 0 spiro atoms. The average molecular weight is 330 g/mol. The van der Waals surface area contributed by atoms with E-state index in [9.17, 15) is 4.79 Å². The highest BCUT2D eigenvalue weighted by Gasteiger charge is 2.10. The average Bonchev–Trinajstić information content (AvgIpc) is 2.90. The SMILES string of the molecule is O=C(NCc1ccccc1Br)c1cn2ccccc2n1. The molecule has 0 saturated heterocycles. The van der Waals surface area contributed by atoms with Crippen LogP contribution in [0.1, 0.15) is 16.1 Å². The van der Waals surface area contributed by atoms with Crippen LogP contribution in [-0.4, -0.2) is 15.3 Å². The second kappa shape index (κ2) is 5.46. The number of amides is 1. The summed E-state index contributed by atoms with van der Waals surface area (Å²) in [5, 5.41) is 2.87.